The van der Waals surface area contributed by atoms with E-state index >= 15 is 0 Å². The smallest absolute Gasteiger partial charge is 0.239 e. The van der Waals surface area contributed by atoms with Crippen LogP contribution >= 0.6 is 0 Å². The van der Waals surface area contributed by atoms with E-state index in [9.17, 15) is 4.79 Å². The second kappa shape index (κ2) is 5.84. The SMILES string of the molecule is CC1CN(CC(=O)NC2CCCC2)c2c(N)cccc2O1. The van der Waals surface area contributed by atoms with Crippen molar-refractivity contribution in [2.24, 2.45) is 0 Å². The van der Waals surface area contributed by atoms with Gasteiger partial charge in [-0.25, -0.2) is 0 Å². The molecule has 1 aromatic carbocycles. The van der Waals surface area contributed by atoms with E-state index < -0.39 is 0 Å². The fraction of sp³-hybridized carbons (Fsp3) is 0.562. The van der Waals surface area contributed by atoms with Crippen molar-refractivity contribution in [3.05, 3.63) is 18.2 Å². The standard InChI is InChI=1S/C16H23N3O2/c1-11-9-19(10-15(20)18-12-5-2-3-6-12)16-13(17)7-4-8-14(16)21-11/h4,7-8,11-12H,2-3,5-6,9-10,17H2,1H3,(H,18,20). The van der Waals surface area contributed by atoms with Crippen molar-refractivity contribution in [3.8, 4) is 5.75 Å². The van der Waals surface area contributed by atoms with Gasteiger partial charge in [0, 0.05) is 6.04 Å². The van der Waals surface area contributed by atoms with Crippen molar-refractivity contribution in [1.29, 1.82) is 0 Å². The van der Waals surface area contributed by atoms with Crippen LogP contribution in [0.15, 0.2) is 18.2 Å². The molecule has 3 rings (SSSR count). The monoisotopic (exact) mass is 289 g/mol. The van der Waals surface area contributed by atoms with Gasteiger partial charge < -0.3 is 20.7 Å². The highest BCUT2D eigenvalue weighted by atomic mass is 16.5. The summed E-state index contributed by atoms with van der Waals surface area (Å²) >= 11 is 0. The maximum atomic E-state index is 12.3. The summed E-state index contributed by atoms with van der Waals surface area (Å²) in [7, 11) is 0. The lowest BCUT2D eigenvalue weighted by Gasteiger charge is -2.35. The average molecular weight is 289 g/mol. The first kappa shape index (κ1) is 14.0. The Morgan fingerprint density at radius 2 is 2.19 bits per heavy atom. The minimum Gasteiger partial charge on any atom is -0.487 e. The van der Waals surface area contributed by atoms with Crippen molar-refractivity contribution in [2.75, 3.05) is 23.7 Å². The normalized spacial score (nSPS) is 21.8. The molecule has 1 atom stereocenters. The lowest BCUT2D eigenvalue weighted by molar-refractivity contribution is -0.120. The summed E-state index contributed by atoms with van der Waals surface area (Å²) in [4.78, 5) is 14.3. The van der Waals surface area contributed by atoms with Gasteiger partial charge in [-0.2, -0.15) is 0 Å². The molecule has 1 saturated carbocycles. The van der Waals surface area contributed by atoms with Crippen molar-refractivity contribution in [3.63, 3.8) is 0 Å². The molecule has 21 heavy (non-hydrogen) atoms. The van der Waals surface area contributed by atoms with E-state index in [-0.39, 0.29) is 12.0 Å². The average Bonchev–Trinajstić information content (AvgIpc) is 2.90. The van der Waals surface area contributed by atoms with E-state index in [1.807, 2.05) is 30.0 Å². The molecule has 2 aliphatic rings. The van der Waals surface area contributed by atoms with Gasteiger partial charge in [-0.3, -0.25) is 4.79 Å². The topological polar surface area (TPSA) is 67.6 Å². The zero-order chi connectivity index (χ0) is 14.8. The van der Waals surface area contributed by atoms with Crippen LogP contribution in [-0.4, -0.2) is 31.1 Å². The number of amides is 1. The van der Waals surface area contributed by atoms with Crippen LogP contribution in [0.2, 0.25) is 0 Å². The van der Waals surface area contributed by atoms with Crippen molar-refractivity contribution in [2.45, 2.75) is 44.8 Å². The van der Waals surface area contributed by atoms with Crippen molar-refractivity contribution in [1.82, 2.24) is 5.32 Å². The molecule has 1 heterocycles. The van der Waals surface area contributed by atoms with Gasteiger partial charge in [0.1, 0.15) is 17.5 Å². The number of fused-ring (bicyclic) bond motifs is 1. The molecule has 1 unspecified atom stereocenters. The Morgan fingerprint density at radius 1 is 1.43 bits per heavy atom. The fourth-order valence-corrected chi connectivity index (χ4v) is 3.29. The summed E-state index contributed by atoms with van der Waals surface area (Å²) in [5.74, 6) is 0.840. The highest BCUT2D eigenvalue weighted by molar-refractivity contribution is 5.85. The molecule has 1 aromatic rings. The van der Waals surface area contributed by atoms with Crippen molar-refractivity contribution < 1.29 is 9.53 Å². The molecule has 5 nitrogen and oxygen atoms in total. The number of anilines is 2. The summed E-state index contributed by atoms with van der Waals surface area (Å²) in [5.41, 5.74) is 7.57. The van der Waals surface area contributed by atoms with E-state index in [4.69, 9.17) is 10.5 Å². The number of nitrogens with zero attached hydrogens (tertiary/aromatic N) is 1. The molecule has 1 fully saturated rings. The third-order valence-electron chi connectivity index (χ3n) is 4.21. The molecule has 0 saturated heterocycles. The minimum absolute atomic E-state index is 0.0542. The summed E-state index contributed by atoms with van der Waals surface area (Å²) in [6.07, 6.45) is 4.69. The number of nitrogens with one attached hydrogen (secondary N) is 1. The quantitative estimate of drug-likeness (QED) is 0.834. The van der Waals surface area contributed by atoms with Gasteiger partial charge in [0.15, 0.2) is 0 Å². The number of carbonyl (C=O) groups is 1. The van der Waals surface area contributed by atoms with E-state index in [1.54, 1.807) is 0 Å². The largest absolute Gasteiger partial charge is 0.487 e. The number of ether oxygens (including phenoxy) is 1. The molecule has 114 valence electrons. The first-order valence-corrected chi connectivity index (χ1v) is 7.73. The van der Waals surface area contributed by atoms with Gasteiger partial charge in [-0.05, 0) is 31.9 Å². The van der Waals surface area contributed by atoms with Crippen LogP contribution in [0.4, 0.5) is 11.4 Å². The zero-order valence-corrected chi connectivity index (χ0v) is 12.5. The van der Waals surface area contributed by atoms with Crippen LogP contribution in [0, 0.1) is 0 Å². The molecule has 3 N–H and O–H groups in total. The van der Waals surface area contributed by atoms with Crippen LogP contribution in [0.25, 0.3) is 0 Å². The number of para-hydroxylation sites is 1. The predicted octanol–water partition coefficient (Wildman–Crippen LogP) is 1.91. The summed E-state index contributed by atoms with van der Waals surface area (Å²) in [6.45, 7) is 3.03. The Hall–Kier alpha value is -1.91. The predicted molar refractivity (Wildman–Crippen MR) is 83.6 cm³/mol. The first-order valence-electron chi connectivity index (χ1n) is 7.73. The van der Waals surface area contributed by atoms with Gasteiger partial charge in [-0.15, -0.1) is 0 Å². The van der Waals surface area contributed by atoms with E-state index in [1.165, 1.54) is 12.8 Å². The van der Waals surface area contributed by atoms with Gasteiger partial charge in [-0.1, -0.05) is 18.9 Å². The summed E-state index contributed by atoms with van der Waals surface area (Å²) in [5, 5.41) is 3.13. The highest BCUT2D eigenvalue weighted by Gasteiger charge is 2.27. The van der Waals surface area contributed by atoms with E-state index in [0.717, 1.165) is 24.3 Å². The van der Waals surface area contributed by atoms with Crippen LogP contribution in [0.3, 0.4) is 0 Å². The third kappa shape index (κ3) is 3.06. The number of nitrogen functional groups attached to an aromatic ring is 1. The highest BCUT2D eigenvalue weighted by Crippen LogP contribution is 2.37. The maximum Gasteiger partial charge on any atom is 0.239 e. The van der Waals surface area contributed by atoms with Gasteiger partial charge >= 0.3 is 0 Å². The number of hydrogen-bond acceptors (Lipinski definition) is 4. The van der Waals surface area contributed by atoms with Crippen LogP contribution in [-0.2, 0) is 4.79 Å². The lowest BCUT2D eigenvalue weighted by atomic mass is 10.1. The number of nitrogens with two attached hydrogens (primary N) is 1. The van der Waals surface area contributed by atoms with Gasteiger partial charge in [0.25, 0.3) is 0 Å². The van der Waals surface area contributed by atoms with E-state index in [2.05, 4.69) is 5.32 Å². The maximum absolute atomic E-state index is 12.3. The van der Waals surface area contributed by atoms with Crippen molar-refractivity contribution >= 4 is 17.3 Å². The molecule has 1 amide bonds. The first-order chi connectivity index (χ1) is 10.1. The molecule has 0 radical (unpaired) electrons. The number of hydrogen-bond donors (Lipinski definition) is 2. The molecular weight excluding hydrogens is 266 g/mol. The summed E-state index contributed by atoms with van der Waals surface area (Å²) < 4.78 is 5.80. The fourth-order valence-electron chi connectivity index (χ4n) is 3.29. The van der Waals surface area contributed by atoms with Crippen LogP contribution < -0.4 is 20.7 Å². The Morgan fingerprint density at radius 3 is 2.95 bits per heavy atom. The second-order valence-electron chi connectivity index (χ2n) is 6.05. The third-order valence-corrected chi connectivity index (χ3v) is 4.21. The molecule has 0 bridgehead atoms. The van der Waals surface area contributed by atoms with E-state index in [0.29, 0.717) is 24.8 Å². The van der Waals surface area contributed by atoms with Gasteiger partial charge in [0.05, 0.1) is 18.8 Å². The zero-order valence-electron chi connectivity index (χ0n) is 12.5. The molecule has 0 aromatic heterocycles. The molecule has 5 heteroatoms. The Bertz CT molecular complexity index is 526. The Labute approximate surface area is 125 Å². The Balaban J connectivity index is 1.72. The van der Waals surface area contributed by atoms with Crippen LogP contribution in [0.1, 0.15) is 32.6 Å². The second-order valence-corrected chi connectivity index (χ2v) is 6.05. The number of benzene rings is 1. The molecule has 1 aliphatic heterocycles. The lowest BCUT2D eigenvalue weighted by Crippen LogP contribution is -2.46. The molecular formula is C16H23N3O2. The number of rotatable bonds is 3. The van der Waals surface area contributed by atoms with Crippen LogP contribution in [0.5, 0.6) is 5.75 Å². The summed E-state index contributed by atoms with van der Waals surface area (Å²) in [6, 6.07) is 5.98. The molecule has 0 spiro atoms. The minimum atomic E-state index is 0.0542. The Kier molecular flexibility index (Phi) is 3.90. The number of carbonyl (C=O) groups excluding carboxylic acids is 1. The molecule has 1 aliphatic carbocycles. The van der Waals surface area contributed by atoms with Gasteiger partial charge in [0.2, 0.25) is 5.91 Å².